The van der Waals surface area contributed by atoms with Gasteiger partial charge in [-0.25, -0.2) is 9.97 Å². The van der Waals surface area contributed by atoms with Crippen LogP contribution in [0.2, 0.25) is 5.15 Å². The van der Waals surface area contributed by atoms with Crippen molar-refractivity contribution in [1.29, 1.82) is 0 Å². The number of benzene rings is 1. The number of nitrogens with zero attached hydrogens (tertiary/aromatic N) is 2. The number of aromatic nitrogens is 2. The molecule has 1 aromatic heterocycles. The second-order valence-electron chi connectivity index (χ2n) is 4.24. The SMILES string of the molecule is CCc1nc(Cl)c(C)c(NCc2cccc(Br)c2)n1. The third kappa shape index (κ3) is 3.67. The largest absolute Gasteiger partial charge is 0.366 e. The van der Waals surface area contributed by atoms with Gasteiger partial charge in [-0.05, 0) is 24.6 Å². The second kappa shape index (κ2) is 6.35. The van der Waals surface area contributed by atoms with E-state index in [-0.39, 0.29) is 0 Å². The third-order valence-corrected chi connectivity index (χ3v) is 3.66. The van der Waals surface area contributed by atoms with Crippen molar-refractivity contribution < 1.29 is 0 Å². The van der Waals surface area contributed by atoms with Gasteiger partial charge in [0.05, 0.1) is 0 Å². The lowest BCUT2D eigenvalue weighted by atomic mass is 10.2. The average Bonchev–Trinajstić information content (AvgIpc) is 2.40. The number of nitrogens with one attached hydrogen (secondary N) is 1. The Labute approximate surface area is 126 Å². The Balaban J connectivity index is 2.17. The molecule has 1 aromatic carbocycles. The van der Waals surface area contributed by atoms with Gasteiger partial charge in [0.1, 0.15) is 16.8 Å². The van der Waals surface area contributed by atoms with E-state index in [2.05, 4.69) is 43.3 Å². The van der Waals surface area contributed by atoms with Gasteiger partial charge < -0.3 is 5.32 Å². The van der Waals surface area contributed by atoms with Crippen LogP contribution in [0.5, 0.6) is 0 Å². The Kier molecular flexibility index (Phi) is 4.77. The number of halogens is 2. The molecule has 0 aliphatic heterocycles. The molecule has 0 saturated carbocycles. The molecule has 0 fully saturated rings. The summed E-state index contributed by atoms with van der Waals surface area (Å²) in [5.41, 5.74) is 2.07. The van der Waals surface area contributed by atoms with Crippen LogP contribution in [-0.4, -0.2) is 9.97 Å². The van der Waals surface area contributed by atoms with Gasteiger partial charge in [0, 0.05) is 23.0 Å². The first-order chi connectivity index (χ1) is 9.10. The molecule has 1 heterocycles. The minimum atomic E-state index is 0.517. The molecule has 0 spiro atoms. The predicted molar refractivity (Wildman–Crippen MR) is 82.6 cm³/mol. The third-order valence-electron chi connectivity index (χ3n) is 2.80. The lowest BCUT2D eigenvalue weighted by molar-refractivity contribution is 0.922. The van der Waals surface area contributed by atoms with E-state index >= 15 is 0 Å². The molecule has 0 aliphatic carbocycles. The number of hydrogen-bond acceptors (Lipinski definition) is 3. The van der Waals surface area contributed by atoms with Crippen molar-refractivity contribution in [2.45, 2.75) is 26.8 Å². The van der Waals surface area contributed by atoms with Gasteiger partial charge >= 0.3 is 0 Å². The van der Waals surface area contributed by atoms with E-state index in [9.17, 15) is 0 Å². The van der Waals surface area contributed by atoms with E-state index in [1.54, 1.807) is 0 Å². The van der Waals surface area contributed by atoms with Crippen LogP contribution in [0.25, 0.3) is 0 Å². The van der Waals surface area contributed by atoms with E-state index in [4.69, 9.17) is 11.6 Å². The highest BCUT2D eigenvalue weighted by Gasteiger charge is 2.08. The zero-order valence-electron chi connectivity index (χ0n) is 10.9. The summed E-state index contributed by atoms with van der Waals surface area (Å²) in [6.45, 7) is 4.64. The Morgan fingerprint density at radius 1 is 1.32 bits per heavy atom. The number of hydrogen-bond donors (Lipinski definition) is 1. The van der Waals surface area contributed by atoms with Crippen molar-refractivity contribution in [2.75, 3.05) is 5.32 Å². The fourth-order valence-electron chi connectivity index (χ4n) is 1.70. The lowest BCUT2D eigenvalue weighted by Gasteiger charge is -2.11. The molecule has 2 aromatic rings. The average molecular weight is 341 g/mol. The van der Waals surface area contributed by atoms with Crippen LogP contribution in [0.3, 0.4) is 0 Å². The Bertz CT molecular complexity index is 587. The maximum absolute atomic E-state index is 6.11. The maximum Gasteiger partial charge on any atom is 0.137 e. The summed E-state index contributed by atoms with van der Waals surface area (Å²) in [5.74, 6) is 1.56. The predicted octanol–water partition coefficient (Wildman–Crippen LogP) is 4.38. The minimum absolute atomic E-state index is 0.517. The van der Waals surface area contributed by atoms with E-state index in [1.165, 1.54) is 5.56 Å². The van der Waals surface area contributed by atoms with Gasteiger partial charge in [-0.3, -0.25) is 0 Å². The summed E-state index contributed by atoms with van der Waals surface area (Å²) in [6.07, 6.45) is 0.769. The fourth-order valence-corrected chi connectivity index (χ4v) is 2.33. The normalized spacial score (nSPS) is 10.5. The summed E-state index contributed by atoms with van der Waals surface area (Å²) in [4.78, 5) is 8.70. The van der Waals surface area contributed by atoms with E-state index in [0.29, 0.717) is 11.7 Å². The lowest BCUT2D eigenvalue weighted by Crippen LogP contribution is -2.07. The Hall–Kier alpha value is -1.13. The van der Waals surface area contributed by atoms with Gasteiger partial charge in [0.25, 0.3) is 0 Å². The van der Waals surface area contributed by atoms with Crippen LogP contribution in [0.1, 0.15) is 23.9 Å². The van der Waals surface area contributed by atoms with Gasteiger partial charge in [0.2, 0.25) is 0 Å². The standard InChI is InChI=1S/C14H15BrClN3/c1-3-12-18-13(16)9(2)14(19-12)17-8-10-5-4-6-11(15)7-10/h4-7H,3,8H2,1-2H3,(H,17,18,19). The smallest absolute Gasteiger partial charge is 0.137 e. The number of anilines is 1. The molecule has 2 rings (SSSR count). The van der Waals surface area contributed by atoms with E-state index in [1.807, 2.05) is 26.0 Å². The Morgan fingerprint density at radius 2 is 2.11 bits per heavy atom. The van der Waals surface area contributed by atoms with Gasteiger partial charge in [-0.15, -0.1) is 0 Å². The number of aryl methyl sites for hydroxylation is 1. The first kappa shape index (κ1) is 14.3. The highest BCUT2D eigenvalue weighted by molar-refractivity contribution is 9.10. The van der Waals surface area contributed by atoms with Crippen molar-refractivity contribution >= 4 is 33.3 Å². The van der Waals surface area contributed by atoms with Gasteiger partial charge in [-0.2, -0.15) is 0 Å². The fraction of sp³-hybridized carbons (Fsp3) is 0.286. The topological polar surface area (TPSA) is 37.8 Å². The van der Waals surface area contributed by atoms with E-state index < -0.39 is 0 Å². The highest BCUT2D eigenvalue weighted by atomic mass is 79.9. The van der Waals surface area contributed by atoms with Crippen molar-refractivity contribution in [3.05, 3.63) is 50.8 Å². The van der Waals surface area contributed by atoms with Crippen LogP contribution in [0.4, 0.5) is 5.82 Å². The van der Waals surface area contributed by atoms with Gasteiger partial charge in [0.15, 0.2) is 0 Å². The quantitative estimate of drug-likeness (QED) is 0.840. The molecule has 0 unspecified atom stereocenters. The molecular weight excluding hydrogens is 326 g/mol. The van der Waals surface area contributed by atoms with Crippen molar-refractivity contribution in [3.8, 4) is 0 Å². The summed E-state index contributed by atoms with van der Waals surface area (Å²) in [6, 6.07) is 8.16. The van der Waals surface area contributed by atoms with Gasteiger partial charge in [-0.1, -0.05) is 46.6 Å². The zero-order valence-corrected chi connectivity index (χ0v) is 13.2. The maximum atomic E-state index is 6.11. The summed E-state index contributed by atoms with van der Waals surface area (Å²) >= 11 is 9.57. The first-order valence-corrected chi connectivity index (χ1v) is 7.28. The number of rotatable bonds is 4. The minimum Gasteiger partial charge on any atom is -0.366 e. The summed E-state index contributed by atoms with van der Waals surface area (Å²) in [5, 5.41) is 3.83. The molecule has 19 heavy (non-hydrogen) atoms. The molecule has 0 atom stereocenters. The summed E-state index contributed by atoms with van der Waals surface area (Å²) in [7, 11) is 0. The monoisotopic (exact) mass is 339 g/mol. The molecule has 0 aliphatic rings. The Morgan fingerprint density at radius 3 is 2.79 bits per heavy atom. The zero-order chi connectivity index (χ0) is 13.8. The molecule has 5 heteroatoms. The first-order valence-electron chi connectivity index (χ1n) is 6.11. The molecule has 0 radical (unpaired) electrons. The molecule has 1 N–H and O–H groups in total. The van der Waals surface area contributed by atoms with Crippen LogP contribution >= 0.6 is 27.5 Å². The van der Waals surface area contributed by atoms with Crippen LogP contribution < -0.4 is 5.32 Å². The molecular formula is C14H15BrClN3. The summed E-state index contributed by atoms with van der Waals surface area (Å²) < 4.78 is 1.07. The molecule has 0 amide bonds. The van der Waals surface area contributed by atoms with Crippen molar-refractivity contribution in [2.24, 2.45) is 0 Å². The van der Waals surface area contributed by atoms with E-state index in [0.717, 1.165) is 28.1 Å². The molecule has 0 saturated heterocycles. The van der Waals surface area contributed by atoms with Crippen molar-refractivity contribution in [1.82, 2.24) is 9.97 Å². The van der Waals surface area contributed by atoms with Crippen LogP contribution in [0.15, 0.2) is 28.7 Å². The second-order valence-corrected chi connectivity index (χ2v) is 5.51. The van der Waals surface area contributed by atoms with Crippen LogP contribution in [0, 0.1) is 6.92 Å². The molecule has 0 bridgehead atoms. The highest BCUT2D eigenvalue weighted by Crippen LogP contribution is 2.21. The van der Waals surface area contributed by atoms with Crippen LogP contribution in [-0.2, 0) is 13.0 Å². The molecule has 100 valence electrons. The van der Waals surface area contributed by atoms with Crippen molar-refractivity contribution in [3.63, 3.8) is 0 Å². The molecule has 3 nitrogen and oxygen atoms in total.